The molecule has 1 unspecified atom stereocenters. The van der Waals surface area contributed by atoms with Gasteiger partial charge in [-0.1, -0.05) is 0 Å². The largest absolute Gasteiger partial charge is 0.378 e. The van der Waals surface area contributed by atoms with Crippen LogP contribution in [-0.2, 0) is 19.6 Å². The second kappa shape index (κ2) is 9.02. The maximum Gasteiger partial charge on any atom is 0.235 e. The van der Waals surface area contributed by atoms with Crippen LogP contribution in [0.5, 0.6) is 0 Å². The van der Waals surface area contributed by atoms with E-state index in [1.807, 2.05) is 20.8 Å². The van der Waals surface area contributed by atoms with Crippen molar-refractivity contribution in [3.8, 4) is 0 Å². The minimum atomic E-state index is -3.51. The molecule has 1 atom stereocenters. The summed E-state index contributed by atoms with van der Waals surface area (Å²) < 4.78 is 30.9. The molecule has 0 radical (unpaired) electrons. The number of halogens is 1. The first-order valence-corrected chi connectivity index (χ1v) is 8.94. The van der Waals surface area contributed by atoms with Gasteiger partial charge in [-0.25, -0.2) is 13.1 Å². The fourth-order valence-corrected chi connectivity index (χ4v) is 2.86. The minimum Gasteiger partial charge on any atom is -0.378 e. The Morgan fingerprint density at radius 1 is 1.41 bits per heavy atom. The molecular formula is C13H28ClN3O4S. The molecule has 0 heterocycles. The van der Waals surface area contributed by atoms with Gasteiger partial charge in [0.1, 0.15) is 0 Å². The van der Waals surface area contributed by atoms with Gasteiger partial charge in [0.15, 0.2) is 0 Å². The number of rotatable bonds is 10. The Hall–Kier alpha value is -0.410. The fourth-order valence-electron chi connectivity index (χ4n) is 2.04. The van der Waals surface area contributed by atoms with Crippen LogP contribution in [0.3, 0.4) is 0 Å². The van der Waals surface area contributed by atoms with E-state index in [1.165, 1.54) is 0 Å². The van der Waals surface area contributed by atoms with Gasteiger partial charge in [0, 0.05) is 6.54 Å². The summed E-state index contributed by atoms with van der Waals surface area (Å²) in [5, 5.41) is 2.83. The molecule has 1 rings (SSSR count). The summed E-state index contributed by atoms with van der Waals surface area (Å²) in [6.45, 7) is 5.74. The average Bonchev–Trinajstić information content (AvgIpc) is 3.20. The van der Waals surface area contributed by atoms with E-state index in [2.05, 4.69) is 10.0 Å². The maximum absolute atomic E-state index is 11.9. The molecule has 0 aromatic carbocycles. The second-order valence-corrected chi connectivity index (χ2v) is 7.93. The lowest BCUT2D eigenvalue weighted by molar-refractivity contribution is -0.121. The predicted molar refractivity (Wildman–Crippen MR) is 88.5 cm³/mol. The van der Waals surface area contributed by atoms with E-state index in [0.29, 0.717) is 12.5 Å². The lowest BCUT2D eigenvalue weighted by Gasteiger charge is -2.29. The second-order valence-electron chi connectivity index (χ2n) is 6.00. The molecule has 1 saturated carbocycles. The highest BCUT2D eigenvalue weighted by Crippen LogP contribution is 2.38. The van der Waals surface area contributed by atoms with E-state index in [4.69, 9.17) is 10.5 Å². The molecule has 1 aliphatic rings. The average molecular weight is 358 g/mol. The van der Waals surface area contributed by atoms with Crippen LogP contribution < -0.4 is 15.8 Å². The lowest BCUT2D eigenvalue weighted by Crippen LogP contribution is -2.55. The molecule has 0 aromatic heterocycles. The maximum atomic E-state index is 11.9. The van der Waals surface area contributed by atoms with E-state index in [-0.39, 0.29) is 43.3 Å². The first-order valence-electron chi connectivity index (χ1n) is 7.28. The van der Waals surface area contributed by atoms with Gasteiger partial charge in [-0.15, -0.1) is 12.4 Å². The normalized spacial score (nSPS) is 17.7. The van der Waals surface area contributed by atoms with E-state index in [0.717, 1.165) is 12.8 Å². The highest BCUT2D eigenvalue weighted by atomic mass is 35.5. The molecular weight excluding hydrogens is 330 g/mol. The van der Waals surface area contributed by atoms with Crippen LogP contribution in [0, 0.1) is 5.92 Å². The molecule has 4 N–H and O–H groups in total. The number of carbonyl (C=O) groups is 1. The Labute approximate surface area is 139 Å². The Kier molecular flexibility index (Phi) is 8.86. The summed E-state index contributed by atoms with van der Waals surface area (Å²) in [7, 11) is -3.51. The predicted octanol–water partition coefficient (Wildman–Crippen LogP) is -0.00380. The van der Waals surface area contributed by atoms with Crippen LogP contribution in [0.4, 0.5) is 0 Å². The number of nitrogens with two attached hydrogens (primary N) is 1. The lowest BCUT2D eigenvalue weighted by atomic mass is 9.96. The van der Waals surface area contributed by atoms with Crippen LogP contribution in [-0.4, -0.2) is 51.4 Å². The molecule has 0 saturated heterocycles. The van der Waals surface area contributed by atoms with Crippen molar-refractivity contribution in [2.45, 2.75) is 45.3 Å². The van der Waals surface area contributed by atoms with Crippen LogP contribution in [0.2, 0.25) is 0 Å². The number of amides is 1. The first-order chi connectivity index (χ1) is 9.68. The van der Waals surface area contributed by atoms with E-state index >= 15 is 0 Å². The Morgan fingerprint density at radius 3 is 2.45 bits per heavy atom. The number of nitrogens with one attached hydrogen (secondary N) is 2. The number of ether oxygens (including phenoxy) is 1. The third-order valence-corrected chi connectivity index (χ3v) is 4.87. The van der Waals surface area contributed by atoms with Crippen LogP contribution in [0.1, 0.15) is 33.6 Å². The number of sulfonamides is 1. The van der Waals surface area contributed by atoms with Crippen molar-refractivity contribution in [2.75, 3.05) is 25.4 Å². The van der Waals surface area contributed by atoms with Gasteiger partial charge in [0.05, 0.1) is 30.5 Å². The molecule has 0 aromatic rings. The topological polar surface area (TPSA) is 111 Å². The highest BCUT2D eigenvalue weighted by molar-refractivity contribution is 7.89. The Morgan fingerprint density at radius 2 is 2.00 bits per heavy atom. The van der Waals surface area contributed by atoms with Crippen LogP contribution in [0.25, 0.3) is 0 Å². The van der Waals surface area contributed by atoms with Crippen molar-refractivity contribution in [2.24, 2.45) is 11.7 Å². The molecule has 0 aliphatic heterocycles. The van der Waals surface area contributed by atoms with Gasteiger partial charge in [-0.3, -0.25) is 4.79 Å². The minimum absolute atomic E-state index is 0. The van der Waals surface area contributed by atoms with Crippen molar-refractivity contribution in [1.82, 2.24) is 10.0 Å². The van der Waals surface area contributed by atoms with Gasteiger partial charge in [-0.05, 0) is 39.5 Å². The molecule has 9 heteroatoms. The van der Waals surface area contributed by atoms with Gasteiger partial charge < -0.3 is 15.8 Å². The van der Waals surface area contributed by atoms with Crippen molar-refractivity contribution in [3.05, 3.63) is 0 Å². The third-order valence-electron chi connectivity index (χ3n) is 3.58. The quantitative estimate of drug-likeness (QED) is 0.509. The Bertz CT molecular complexity index is 454. The molecule has 1 amide bonds. The first kappa shape index (κ1) is 21.6. The zero-order chi connectivity index (χ0) is 16.1. The standard InChI is InChI=1S/C13H27N3O4S.ClH/c1-10(2)20-6-7-21(18,19)15-8-12(17)16-13(3,9-14)11-4-5-11;/h10-11,15H,4-9,14H2,1-3H3,(H,16,17);1H. The fraction of sp³-hybridized carbons (Fsp3) is 0.923. The summed E-state index contributed by atoms with van der Waals surface area (Å²) in [6, 6.07) is 0. The summed E-state index contributed by atoms with van der Waals surface area (Å²) in [5.74, 6) is -0.124. The summed E-state index contributed by atoms with van der Waals surface area (Å²) >= 11 is 0. The van der Waals surface area contributed by atoms with Gasteiger partial charge in [0.25, 0.3) is 0 Å². The van der Waals surface area contributed by atoms with Gasteiger partial charge in [-0.2, -0.15) is 0 Å². The highest BCUT2D eigenvalue weighted by Gasteiger charge is 2.41. The molecule has 0 spiro atoms. The van der Waals surface area contributed by atoms with Crippen molar-refractivity contribution in [1.29, 1.82) is 0 Å². The van der Waals surface area contributed by atoms with Crippen LogP contribution >= 0.6 is 12.4 Å². The molecule has 1 aliphatic carbocycles. The van der Waals surface area contributed by atoms with Crippen molar-refractivity contribution in [3.63, 3.8) is 0 Å². The van der Waals surface area contributed by atoms with Gasteiger partial charge in [0.2, 0.25) is 15.9 Å². The van der Waals surface area contributed by atoms with E-state index in [9.17, 15) is 13.2 Å². The molecule has 0 bridgehead atoms. The number of hydrogen-bond donors (Lipinski definition) is 3. The third kappa shape index (κ3) is 7.73. The summed E-state index contributed by atoms with van der Waals surface area (Å²) in [6.07, 6.45) is 2.07. The van der Waals surface area contributed by atoms with Crippen molar-refractivity contribution >= 4 is 28.3 Å². The van der Waals surface area contributed by atoms with Crippen molar-refractivity contribution < 1.29 is 17.9 Å². The zero-order valence-corrected chi connectivity index (χ0v) is 15.1. The molecule has 132 valence electrons. The smallest absolute Gasteiger partial charge is 0.235 e. The Balaban J connectivity index is 0.00000441. The van der Waals surface area contributed by atoms with E-state index in [1.54, 1.807) is 0 Å². The summed E-state index contributed by atoms with van der Waals surface area (Å²) in [4.78, 5) is 11.9. The van der Waals surface area contributed by atoms with Crippen LogP contribution in [0.15, 0.2) is 0 Å². The molecule has 22 heavy (non-hydrogen) atoms. The summed E-state index contributed by atoms with van der Waals surface area (Å²) in [5.41, 5.74) is 5.26. The number of carbonyl (C=O) groups excluding carboxylic acids is 1. The molecule has 7 nitrogen and oxygen atoms in total. The monoisotopic (exact) mass is 357 g/mol. The van der Waals surface area contributed by atoms with Gasteiger partial charge >= 0.3 is 0 Å². The molecule has 1 fully saturated rings. The van der Waals surface area contributed by atoms with E-state index < -0.39 is 15.6 Å². The SMILES string of the molecule is CC(C)OCCS(=O)(=O)NCC(=O)NC(C)(CN)C1CC1.Cl. The number of hydrogen-bond acceptors (Lipinski definition) is 5. The zero-order valence-electron chi connectivity index (χ0n) is 13.4.